The topological polar surface area (TPSA) is 32.3 Å². The molecule has 25 heavy (non-hydrogen) atoms. The van der Waals surface area contributed by atoms with Crippen LogP contribution >= 0.6 is 0 Å². The summed E-state index contributed by atoms with van der Waals surface area (Å²) < 4.78 is 0. The van der Waals surface area contributed by atoms with Gasteiger partial charge in [0.2, 0.25) is 5.91 Å². The van der Waals surface area contributed by atoms with Crippen LogP contribution in [0.5, 0.6) is 0 Å². The number of amides is 1. The molecule has 0 aromatic heterocycles. The van der Waals surface area contributed by atoms with Gasteiger partial charge in [-0.15, -0.1) is 0 Å². The first-order valence-corrected chi connectivity index (χ1v) is 9.71. The Labute approximate surface area is 154 Å². The largest absolute Gasteiger partial charge is 0.354 e. The average Bonchev–Trinajstić information content (AvgIpc) is 2.49. The number of rotatable bonds is 4. The number of nitrogens with one attached hydrogen (secondary N) is 1. The van der Waals surface area contributed by atoms with Gasteiger partial charge in [0, 0.05) is 18.5 Å². The smallest absolute Gasteiger partial charge is 0.223 e. The van der Waals surface area contributed by atoms with E-state index >= 15 is 0 Å². The van der Waals surface area contributed by atoms with E-state index in [0.717, 1.165) is 32.5 Å². The molecule has 1 heterocycles. The van der Waals surface area contributed by atoms with Crippen molar-refractivity contribution in [2.75, 3.05) is 13.1 Å². The van der Waals surface area contributed by atoms with Crippen LogP contribution in [0.25, 0.3) is 0 Å². The van der Waals surface area contributed by atoms with Crippen LogP contribution in [0.15, 0.2) is 12.1 Å². The SMILES string of the molecule is Cc1cc(C(C)(C)C)cc(C)c1CN1CCC(C(=O)NC(C)C)CC1. The summed E-state index contributed by atoms with van der Waals surface area (Å²) in [5, 5.41) is 3.06. The Morgan fingerprint density at radius 1 is 1.16 bits per heavy atom. The van der Waals surface area contributed by atoms with Gasteiger partial charge in [0.15, 0.2) is 0 Å². The molecule has 1 N–H and O–H groups in total. The van der Waals surface area contributed by atoms with Gasteiger partial charge in [0.25, 0.3) is 0 Å². The number of nitrogens with zero attached hydrogens (tertiary/aromatic N) is 1. The molecule has 0 aliphatic carbocycles. The van der Waals surface area contributed by atoms with Crippen LogP contribution in [-0.2, 0) is 16.8 Å². The van der Waals surface area contributed by atoms with Crippen molar-refractivity contribution in [1.29, 1.82) is 0 Å². The zero-order valence-electron chi connectivity index (χ0n) is 17.2. The number of piperidine rings is 1. The lowest BCUT2D eigenvalue weighted by Gasteiger charge is -2.32. The van der Waals surface area contributed by atoms with E-state index in [1.54, 1.807) is 0 Å². The molecular formula is C22H36N2O. The number of hydrogen-bond acceptors (Lipinski definition) is 2. The van der Waals surface area contributed by atoms with Crippen LogP contribution < -0.4 is 5.32 Å². The van der Waals surface area contributed by atoms with Crippen molar-refractivity contribution in [2.45, 2.75) is 79.3 Å². The summed E-state index contributed by atoms with van der Waals surface area (Å²) in [5.74, 6) is 0.417. The molecule has 140 valence electrons. The Morgan fingerprint density at radius 2 is 1.68 bits per heavy atom. The quantitative estimate of drug-likeness (QED) is 0.881. The lowest BCUT2D eigenvalue weighted by molar-refractivity contribution is -0.127. The molecule has 0 atom stereocenters. The number of likely N-dealkylation sites (tertiary alicyclic amines) is 1. The highest BCUT2D eigenvalue weighted by molar-refractivity contribution is 5.78. The standard InChI is InChI=1S/C22H36N2O/c1-15(2)23-21(25)18-8-10-24(11-9-18)14-20-16(3)12-19(13-17(20)4)22(5,6)7/h12-13,15,18H,8-11,14H2,1-7H3,(H,23,25). The minimum atomic E-state index is 0.184. The van der Waals surface area contributed by atoms with E-state index in [-0.39, 0.29) is 23.3 Å². The van der Waals surface area contributed by atoms with Gasteiger partial charge >= 0.3 is 0 Å². The molecule has 3 heteroatoms. The van der Waals surface area contributed by atoms with Crippen molar-refractivity contribution in [1.82, 2.24) is 10.2 Å². The Hall–Kier alpha value is -1.35. The monoisotopic (exact) mass is 344 g/mol. The number of carbonyl (C=O) groups excluding carboxylic acids is 1. The third kappa shape index (κ3) is 5.31. The lowest BCUT2D eigenvalue weighted by atomic mass is 9.83. The Balaban J connectivity index is 1.99. The fraction of sp³-hybridized carbons (Fsp3) is 0.682. The van der Waals surface area contributed by atoms with Crippen molar-refractivity contribution in [3.8, 4) is 0 Å². The number of aryl methyl sites for hydroxylation is 2. The molecule has 1 aliphatic heterocycles. The van der Waals surface area contributed by atoms with Crippen molar-refractivity contribution >= 4 is 5.91 Å². The normalized spacial score (nSPS) is 17.1. The van der Waals surface area contributed by atoms with Crippen LogP contribution in [0.4, 0.5) is 0 Å². The van der Waals surface area contributed by atoms with Crippen LogP contribution in [0.1, 0.15) is 69.7 Å². The zero-order valence-corrected chi connectivity index (χ0v) is 17.2. The van der Waals surface area contributed by atoms with Crippen LogP contribution in [0, 0.1) is 19.8 Å². The molecule has 0 unspecified atom stereocenters. The fourth-order valence-corrected chi connectivity index (χ4v) is 3.66. The van der Waals surface area contributed by atoms with Gasteiger partial charge in [0.1, 0.15) is 0 Å². The van der Waals surface area contributed by atoms with Gasteiger partial charge in [-0.2, -0.15) is 0 Å². The molecule has 1 aromatic rings. The minimum Gasteiger partial charge on any atom is -0.354 e. The van der Waals surface area contributed by atoms with Crippen LogP contribution in [-0.4, -0.2) is 29.9 Å². The van der Waals surface area contributed by atoms with Crippen LogP contribution in [0.3, 0.4) is 0 Å². The molecule has 1 aromatic carbocycles. The van der Waals surface area contributed by atoms with E-state index in [2.05, 4.69) is 57.0 Å². The maximum absolute atomic E-state index is 12.2. The predicted octanol–water partition coefficient (Wildman–Crippen LogP) is 4.34. The van der Waals surface area contributed by atoms with Crippen molar-refractivity contribution in [2.24, 2.45) is 5.92 Å². The minimum absolute atomic E-state index is 0.184. The summed E-state index contributed by atoms with van der Waals surface area (Å²) in [6.45, 7) is 18.4. The number of benzene rings is 1. The molecule has 0 radical (unpaired) electrons. The molecule has 1 fully saturated rings. The van der Waals surface area contributed by atoms with Gasteiger partial charge < -0.3 is 5.32 Å². The first-order valence-electron chi connectivity index (χ1n) is 9.71. The van der Waals surface area contributed by atoms with Gasteiger partial charge in [-0.3, -0.25) is 9.69 Å². The summed E-state index contributed by atoms with van der Waals surface area (Å²) in [5.41, 5.74) is 5.85. The third-order valence-corrected chi connectivity index (χ3v) is 5.33. The summed E-state index contributed by atoms with van der Waals surface area (Å²) in [4.78, 5) is 14.7. The fourth-order valence-electron chi connectivity index (χ4n) is 3.66. The van der Waals surface area contributed by atoms with E-state index in [1.165, 1.54) is 22.3 Å². The third-order valence-electron chi connectivity index (χ3n) is 5.33. The maximum Gasteiger partial charge on any atom is 0.223 e. The second-order valence-electron chi connectivity index (χ2n) is 9.05. The lowest BCUT2D eigenvalue weighted by Crippen LogP contribution is -2.42. The van der Waals surface area contributed by atoms with Gasteiger partial charge in [-0.05, 0) is 81.3 Å². The number of hydrogen-bond donors (Lipinski definition) is 1. The molecule has 3 nitrogen and oxygen atoms in total. The Kier molecular flexibility index (Phi) is 6.31. The van der Waals surface area contributed by atoms with E-state index in [9.17, 15) is 4.79 Å². The second-order valence-corrected chi connectivity index (χ2v) is 9.05. The highest BCUT2D eigenvalue weighted by atomic mass is 16.1. The van der Waals surface area contributed by atoms with Gasteiger partial charge in [0.05, 0.1) is 0 Å². The molecule has 2 rings (SSSR count). The first-order chi connectivity index (χ1) is 11.6. The second kappa shape index (κ2) is 7.90. The molecule has 1 saturated heterocycles. The van der Waals surface area contributed by atoms with E-state index < -0.39 is 0 Å². The number of carbonyl (C=O) groups is 1. The predicted molar refractivity (Wildman–Crippen MR) is 106 cm³/mol. The summed E-state index contributed by atoms with van der Waals surface area (Å²) in [6.07, 6.45) is 1.94. The highest BCUT2D eigenvalue weighted by Crippen LogP contribution is 2.28. The van der Waals surface area contributed by atoms with Gasteiger partial charge in [-0.25, -0.2) is 0 Å². The average molecular weight is 345 g/mol. The maximum atomic E-state index is 12.2. The van der Waals surface area contributed by atoms with Crippen molar-refractivity contribution in [3.05, 3.63) is 34.4 Å². The van der Waals surface area contributed by atoms with E-state index in [0.29, 0.717) is 0 Å². The summed E-state index contributed by atoms with van der Waals surface area (Å²) in [6, 6.07) is 4.94. The Bertz CT molecular complexity index is 582. The first kappa shape index (κ1) is 20.0. The van der Waals surface area contributed by atoms with Crippen molar-refractivity contribution in [3.63, 3.8) is 0 Å². The molecule has 0 saturated carbocycles. The summed E-state index contributed by atoms with van der Waals surface area (Å²) >= 11 is 0. The molecule has 1 amide bonds. The summed E-state index contributed by atoms with van der Waals surface area (Å²) in [7, 11) is 0. The Morgan fingerprint density at radius 3 is 2.12 bits per heavy atom. The van der Waals surface area contributed by atoms with E-state index in [1.807, 2.05) is 13.8 Å². The van der Waals surface area contributed by atoms with Gasteiger partial charge in [-0.1, -0.05) is 32.9 Å². The van der Waals surface area contributed by atoms with Crippen molar-refractivity contribution < 1.29 is 4.79 Å². The molecular weight excluding hydrogens is 308 g/mol. The molecule has 1 aliphatic rings. The zero-order chi connectivity index (χ0) is 18.8. The molecule has 0 spiro atoms. The molecule has 0 bridgehead atoms. The highest BCUT2D eigenvalue weighted by Gasteiger charge is 2.26. The van der Waals surface area contributed by atoms with E-state index in [4.69, 9.17) is 0 Å². The van der Waals surface area contributed by atoms with Crippen LogP contribution in [0.2, 0.25) is 0 Å².